The predicted octanol–water partition coefficient (Wildman–Crippen LogP) is 2.25. The van der Waals surface area contributed by atoms with Crippen molar-refractivity contribution in [2.75, 3.05) is 13.1 Å². The smallest absolute Gasteiger partial charge is 0.311 e. The number of likely N-dealkylation sites (tertiary alicyclic amines) is 1. The molecule has 0 saturated carbocycles. The van der Waals surface area contributed by atoms with Crippen LogP contribution >= 0.6 is 0 Å². The highest BCUT2D eigenvalue weighted by atomic mass is 16.4. The quantitative estimate of drug-likeness (QED) is 0.917. The van der Waals surface area contributed by atoms with Gasteiger partial charge in [-0.1, -0.05) is 29.8 Å². The second kappa shape index (κ2) is 5.65. The number of carboxylic acids is 1. The molecule has 1 unspecified atom stereocenters. The van der Waals surface area contributed by atoms with Crippen LogP contribution in [0.2, 0.25) is 0 Å². The van der Waals surface area contributed by atoms with Gasteiger partial charge in [0.05, 0.1) is 5.41 Å². The van der Waals surface area contributed by atoms with Crippen molar-refractivity contribution in [1.82, 2.24) is 4.90 Å². The van der Waals surface area contributed by atoms with Crippen LogP contribution in [-0.4, -0.2) is 35.0 Å². The number of hydrogen-bond acceptors (Lipinski definition) is 2. The van der Waals surface area contributed by atoms with Gasteiger partial charge in [0.1, 0.15) is 0 Å². The van der Waals surface area contributed by atoms with Gasteiger partial charge in [-0.15, -0.1) is 0 Å². The second-order valence-corrected chi connectivity index (χ2v) is 5.92. The van der Waals surface area contributed by atoms with Gasteiger partial charge in [-0.3, -0.25) is 9.59 Å². The third kappa shape index (κ3) is 3.18. The van der Waals surface area contributed by atoms with Crippen molar-refractivity contribution in [2.45, 2.75) is 33.1 Å². The summed E-state index contributed by atoms with van der Waals surface area (Å²) in [6, 6.07) is 8.15. The zero-order valence-corrected chi connectivity index (χ0v) is 12.1. The molecule has 1 aliphatic rings. The Morgan fingerprint density at radius 1 is 1.30 bits per heavy atom. The highest BCUT2D eigenvalue weighted by molar-refractivity contribution is 5.80. The Kier molecular flexibility index (Phi) is 4.12. The first-order chi connectivity index (χ1) is 9.40. The van der Waals surface area contributed by atoms with Crippen LogP contribution in [0.3, 0.4) is 0 Å². The summed E-state index contributed by atoms with van der Waals surface area (Å²) in [5, 5.41) is 9.17. The fraction of sp³-hybridized carbons (Fsp3) is 0.500. The molecule has 1 aromatic rings. The molecule has 20 heavy (non-hydrogen) atoms. The number of aryl methyl sites for hydroxylation is 2. The van der Waals surface area contributed by atoms with Crippen LogP contribution < -0.4 is 0 Å². The molecule has 1 aromatic carbocycles. The maximum atomic E-state index is 12.1. The Bertz CT molecular complexity index is 509. The van der Waals surface area contributed by atoms with Gasteiger partial charge in [-0.2, -0.15) is 0 Å². The number of carbonyl (C=O) groups excluding carboxylic acids is 1. The van der Waals surface area contributed by atoms with Crippen LogP contribution in [0.25, 0.3) is 0 Å². The number of hydrogen-bond donors (Lipinski definition) is 1. The minimum Gasteiger partial charge on any atom is -0.481 e. The van der Waals surface area contributed by atoms with E-state index in [0.29, 0.717) is 32.4 Å². The van der Waals surface area contributed by atoms with Gasteiger partial charge in [0.2, 0.25) is 5.91 Å². The molecule has 0 radical (unpaired) electrons. The van der Waals surface area contributed by atoms with Gasteiger partial charge in [0.15, 0.2) is 0 Å². The van der Waals surface area contributed by atoms with E-state index in [1.807, 2.05) is 31.2 Å². The first kappa shape index (κ1) is 14.6. The Labute approximate surface area is 119 Å². The fourth-order valence-electron chi connectivity index (χ4n) is 2.51. The third-order valence-corrected chi connectivity index (χ3v) is 4.09. The maximum Gasteiger partial charge on any atom is 0.311 e. The lowest BCUT2D eigenvalue weighted by molar-refractivity contribution is -0.147. The lowest BCUT2D eigenvalue weighted by Crippen LogP contribution is -2.34. The number of benzene rings is 1. The van der Waals surface area contributed by atoms with Crippen molar-refractivity contribution in [3.63, 3.8) is 0 Å². The van der Waals surface area contributed by atoms with Crippen LogP contribution in [0.1, 0.15) is 30.9 Å². The average Bonchev–Trinajstić information content (AvgIpc) is 2.82. The van der Waals surface area contributed by atoms with Crippen LogP contribution in [0.4, 0.5) is 0 Å². The number of nitrogens with zero attached hydrogens (tertiary/aromatic N) is 1. The van der Waals surface area contributed by atoms with E-state index in [2.05, 4.69) is 0 Å². The molecule has 1 saturated heterocycles. The van der Waals surface area contributed by atoms with Crippen LogP contribution in [0.15, 0.2) is 24.3 Å². The van der Waals surface area contributed by atoms with E-state index in [4.69, 9.17) is 5.11 Å². The normalized spacial score (nSPS) is 22.0. The molecule has 108 valence electrons. The second-order valence-electron chi connectivity index (χ2n) is 5.92. The van der Waals surface area contributed by atoms with Crippen molar-refractivity contribution in [3.8, 4) is 0 Å². The summed E-state index contributed by atoms with van der Waals surface area (Å²) in [6.45, 7) is 4.62. The fourth-order valence-corrected chi connectivity index (χ4v) is 2.51. The molecule has 1 N–H and O–H groups in total. The summed E-state index contributed by atoms with van der Waals surface area (Å²) in [5.41, 5.74) is 1.57. The zero-order chi connectivity index (χ0) is 14.8. The van der Waals surface area contributed by atoms with Gasteiger partial charge in [-0.05, 0) is 32.3 Å². The molecule has 4 heteroatoms. The Morgan fingerprint density at radius 3 is 2.50 bits per heavy atom. The van der Waals surface area contributed by atoms with Crippen molar-refractivity contribution >= 4 is 11.9 Å². The molecule has 4 nitrogen and oxygen atoms in total. The first-order valence-electron chi connectivity index (χ1n) is 6.97. The van der Waals surface area contributed by atoms with E-state index >= 15 is 0 Å². The lowest BCUT2D eigenvalue weighted by Gasteiger charge is -2.20. The lowest BCUT2D eigenvalue weighted by atomic mass is 9.90. The number of carbonyl (C=O) groups is 2. The van der Waals surface area contributed by atoms with Gasteiger partial charge < -0.3 is 10.0 Å². The van der Waals surface area contributed by atoms with Crippen molar-refractivity contribution < 1.29 is 14.7 Å². The van der Waals surface area contributed by atoms with Gasteiger partial charge in [-0.25, -0.2) is 0 Å². The molecule has 0 spiro atoms. The van der Waals surface area contributed by atoms with Gasteiger partial charge in [0, 0.05) is 19.5 Å². The highest BCUT2D eigenvalue weighted by Gasteiger charge is 2.41. The summed E-state index contributed by atoms with van der Waals surface area (Å²) >= 11 is 0. The maximum absolute atomic E-state index is 12.1. The van der Waals surface area contributed by atoms with Crippen LogP contribution in [0, 0.1) is 12.3 Å². The summed E-state index contributed by atoms with van der Waals surface area (Å²) in [5.74, 6) is -0.762. The Balaban J connectivity index is 1.87. The molecule has 0 aromatic heterocycles. The molecule has 1 heterocycles. The van der Waals surface area contributed by atoms with E-state index in [-0.39, 0.29) is 5.91 Å². The van der Waals surface area contributed by atoms with E-state index < -0.39 is 11.4 Å². The van der Waals surface area contributed by atoms with Crippen LogP contribution in [-0.2, 0) is 16.0 Å². The van der Waals surface area contributed by atoms with Gasteiger partial charge >= 0.3 is 5.97 Å². The van der Waals surface area contributed by atoms with E-state index in [1.54, 1.807) is 11.8 Å². The number of carboxylic acid groups (broad SMARTS) is 1. The zero-order valence-electron chi connectivity index (χ0n) is 12.1. The molecule has 0 aliphatic carbocycles. The van der Waals surface area contributed by atoms with Crippen molar-refractivity contribution in [3.05, 3.63) is 35.4 Å². The monoisotopic (exact) mass is 275 g/mol. The van der Waals surface area contributed by atoms with Crippen molar-refractivity contribution in [1.29, 1.82) is 0 Å². The Morgan fingerprint density at radius 2 is 1.95 bits per heavy atom. The van der Waals surface area contributed by atoms with E-state index in [1.165, 1.54) is 5.56 Å². The van der Waals surface area contributed by atoms with E-state index in [9.17, 15) is 9.59 Å². The van der Waals surface area contributed by atoms with Crippen molar-refractivity contribution in [2.24, 2.45) is 5.41 Å². The summed E-state index contributed by atoms with van der Waals surface area (Å²) in [4.78, 5) is 25.0. The topological polar surface area (TPSA) is 57.6 Å². The van der Waals surface area contributed by atoms with Crippen LogP contribution in [0.5, 0.6) is 0 Å². The predicted molar refractivity (Wildman–Crippen MR) is 76.4 cm³/mol. The highest BCUT2D eigenvalue weighted by Crippen LogP contribution is 2.30. The average molecular weight is 275 g/mol. The first-order valence-corrected chi connectivity index (χ1v) is 6.97. The largest absolute Gasteiger partial charge is 0.481 e. The third-order valence-electron chi connectivity index (χ3n) is 4.09. The summed E-state index contributed by atoms with van der Waals surface area (Å²) in [6.07, 6.45) is 1.69. The number of aliphatic carboxylic acids is 1. The molecular formula is C16H21NO3. The Hall–Kier alpha value is -1.84. The molecule has 2 rings (SSSR count). The molecular weight excluding hydrogens is 254 g/mol. The van der Waals surface area contributed by atoms with Gasteiger partial charge in [0.25, 0.3) is 0 Å². The number of amides is 1. The molecule has 0 bridgehead atoms. The molecule has 1 atom stereocenters. The standard InChI is InChI=1S/C16H21NO3/c1-12-3-5-13(6-4-12)7-8-14(18)17-10-9-16(2,11-17)15(19)20/h3-6H,7-11H2,1-2H3,(H,19,20). The summed E-state index contributed by atoms with van der Waals surface area (Å²) < 4.78 is 0. The SMILES string of the molecule is Cc1ccc(CCC(=O)N2CCC(C)(C(=O)O)C2)cc1. The minimum atomic E-state index is -0.814. The number of rotatable bonds is 4. The van der Waals surface area contributed by atoms with E-state index in [0.717, 1.165) is 5.56 Å². The molecule has 1 aliphatic heterocycles. The molecule has 1 amide bonds. The minimum absolute atomic E-state index is 0.0514. The molecule has 1 fully saturated rings. The summed E-state index contributed by atoms with van der Waals surface area (Å²) in [7, 11) is 0.